The van der Waals surface area contributed by atoms with Crippen LogP contribution in [0.4, 0.5) is 5.69 Å². The number of carbonyl (C=O) groups excluding carboxylic acids is 4. The van der Waals surface area contributed by atoms with E-state index in [4.69, 9.17) is 5.73 Å². The van der Waals surface area contributed by atoms with Crippen LogP contribution in [0.25, 0.3) is 0 Å². The third-order valence-electron chi connectivity index (χ3n) is 4.98. The van der Waals surface area contributed by atoms with Crippen LogP contribution in [0.2, 0.25) is 0 Å². The van der Waals surface area contributed by atoms with Crippen molar-refractivity contribution >= 4 is 29.3 Å². The van der Waals surface area contributed by atoms with E-state index in [1.807, 2.05) is 0 Å². The van der Waals surface area contributed by atoms with Crippen LogP contribution in [0.15, 0.2) is 18.2 Å². The number of piperidine rings is 1. The Morgan fingerprint density at radius 3 is 2.56 bits per heavy atom. The summed E-state index contributed by atoms with van der Waals surface area (Å²) in [4.78, 5) is 49.5. The molecule has 1 saturated carbocycles. The Kier molecular flexibility index (Phi) is 3.40. The number of anilines is 1. The molecule has 8 heteroatoms. The number of amides is 4. The quantitative estimate of drug-likeness (QED) is 0.662. The highest BCUT2D eigenvalue weighted by Gasteiger charge is 2.44. The smallest absolute Gasteiger partial charge is 0.262 e. The molecule has 0 bridgehead atoms. The predicted molar refractivity (Wildman–Crippen MR) is 87.8 cm³/mol. The minimum absolute atomic E-state index is 0.106. The molecule has 0 spiro atoms. The van der Waals surface area contributed by atoms with E-state index in [2.05, 4.69) is 10.6 Å². The van der Waals surface area contributed by atoms with E-state index < -0.39 is 23.8 Å². The monoisotopic (exact) mass is 342 g/mol. The number of fused-ring (bicyclic) bond motifs is 1. The summed E-state index contributed by atoms with van der Waals surface area (Å²) < 4.78 is 0. The van der Waals surface area contributed by atoms with Crippen LogP contribution in [0.1, 0.15) is 46.4 Å². The molecule has 1 unspecified atom stereocenters. The third-order valence-corrected chi connectivity index (χ3v) is 4.98. The maximum absolute atomic E-state index is 12.7. The minimum Gasteiger partial charge on any atom is -0.383 e. The van der Waals surface area contributed by atoms with Gasteiger partial charge in [0.1, 0.15) is 6.04 Å². The minimum atomic E-state index is -0.944. The molecule has 3 aliphatic rings. The Morgan fingerprint density at radius 2 is 1.88 bits per heavy atom. The van der Waals surface area contributed by atoms with E-state index in [0.29, 0.717) is 12.2 Å². The van der Waals surface area contributed by atoms with E-state index in [-0.39, 0.29) is 35.4 Å². The summed E-state index contributed by atoms with van der Waals surface area (Å²) in [5.41, 5.74) is 7.10. The lowest BCUT2D eigenvalue weighted by molar-refractivity contribution is -0.136. The highest BCUT2D eigenvalue weighted by molar-refractivity contribution is 6.23. The molecule has 2 aliphatic heterocycles. The van der Waals surface area contributed by atoms with Gasteiger partial charge in [-0.2, -0.15) is 0 Å². The van der Waals surface area contributed by atoms with Gasteiger partial charge in [0.25, 0.3) is 11.8 Å². The molecule has 2 heterocycles. The number of imide groups is 2. The molecule has 4 N–H and O–H groups in total. The van der Waals surface area contributed by atoms with Gasteiger partial charge in [-0.05, 0) is 37.5 Å². The average molecular weight is 342 g/mol. The molecule has 4 amide bonds. The molecule has 25 heavy (non-hydrogen) atoms. The van der Waals surface area contributed by atoms with Crippen LogP contribution in [0, 0.1) is 0 Å². The van der Waals surface area contributed by atoms with Gasteiger partial charge in [-0.15, -0.1) is 0 Å². The second kappa shape index (κ2) is 5.38. The standard InChI is InChI=1S/C17H18N4O4/c18-17(5-6-17)8-19-9-1-2-10-11(7-9)16(25)21(15(10)24)12-3-4-13(22)20-14(12)23/h1-2,7,12,19H,3-6,8,18H2,(H,20,22,23). The second-order valence-electron chi connectivity index (χ2n) is 6.92. The topological polar surface area (TPSA) is 122 Å². The fourth-order valence-electron chi connectivity index (χ4n) is 3.20. The third kappa shape index (κ3) is 2.68. The van der Waals surface area contributed by atoms with Gasteiger partial charge >= 0.3 is 0 Å². The molecule has 1 aromatic carbocycles. The van der Waals surface area contributed by atoms with Crippen LogP contribution in [-0.4, -0.2) is 46.7 Å². The Labute approximate surface area is 143 Å². The summed E-state index contributed by atoms with van der Waals surface area (Å²) in [6.45, 7) is 0.602. The number of nitrogens with zero attached hydrogens (tertiary/aromatic N) is 1. The fraction of sp³-hybridized carbons (Fsp3) is 0.412. The molecule has 1 saturated heterocycles. The van der Waals surface area contributed by atoms with Crippen molar-refractivity contribution in [3.63, 3.8) is 0 Å². The summed E-state index contributed by atoms with van der Waals surface area (Å²) in [5.74, 6) is -2.01. The lowest BCUT2D eigenvalue weighted by Gasteiger charge is -2.27. The lowest BCUT2D eigenvalue weighted by atomic mass is 10.0. The number of hydrogen-bond donors (Lipinski definition) is 3. The normalized spacial score (nSPS) is 24.2. The van der Waals surface area contributed by atoms with Crippen molar-refractivity contribution in [1.29, 1.82) is 0 Å². The Hall–Kier alpha value is -2.74. The first-order valence-electron chi connectivity index (χ1n) is 8.26. The summed E-state index contributed by atoms with van der Waals surface area (Å²) in [7, 11) is 0. The van der Waals surface area contributed by atoms with Gasteiger partial charge in [0.2, 0.25) is 11.8 Å². The Bertz CT molecular complexity index is 815. The zero-order chi connectivity index (χ0) is 17.8. The van der Waals surface area contributed by atoms with Gasteiger partial charge in [-0.25, -0.2) is 0 Å². The van der Waals surface area contributed by atoms with Crippen LogP contribution in [0.5, 0.6) is 0 Å². The van der Waals surface area contributed by atoms with Crippen LogP contribution >= 0.6 is 0 Å². The van der Waals surface area contributed by atoms with Crippen LogP contribution in [0.3, 0.4) is 0 Å². The fourth-order valence-corrected chi connectivity index (χ4v) is 3.20. The van der Waals surface area contributed by atoms with Crippen molar-refractivity contribution in [3.05, 3.63) is 29.3 Å². The summed E-state index contributed by atoms with van der Waals surface area (Å²) in [6, 6.07) is 3.98. The molecule has 130 valence electrons. The predicted octanol–water partition coefficient (Wildman–Crippen LogP) is -0.00900. The van der Waals surface area contributed by atoms with Crippen molar-refractivity contribution in [3.8, 4) is 0 Å². The highest BCUT2D eigenvalue weighted by Crippen LogP contribution is 2.33. The molecule has 2 fully saturated rings. The zero-order valence-corrected chi connectivity index (χ0v) is 13.5. The maximum Gasteiger partial charge on any atom is 0.262 e. The molecule has 0 radical (unpaired) electrons. The number of benzene rings is 1. The van der Waals surface area contributed by atoms with Gasteiger partial charge in [-0.1, -0.05) is 0 Å². The summed E-state index contributed by atoms with van der Waals surface area (Å²) in [5, 5.41) is 5.37. The number of hydrogen-bond acceptors (Lipinski definition) is 6. The highest BCUT2D eigenvalue weighted by atomic mass is 16.2. The number of nitrogens with one attached hydrogen (secondary N) is 2. The van der Waals surface area contributed by atoms with E-state index in [1.165, 1.54) is 0 Å². The summed E-state index contributed by atoms with van der Waals surface area (Å²) in [6.07, 6.45) is 2.18. The molecule has 1 atom stereocenters. The molecule has 0 aromatic heterocycles. The zero-order valence-electron chi connectivity index (χ0n) is 13.5. The average Bonchev–Trinajstić information content (AvgIpc) is 3.27. The SMILES string of the molecule is NC1(CNc2ccc3c(c2)C(=O)N(C2CCC(=O)NC2=O)C3=O)CC1. The van der Waals surface area contributed by atoms with Gasteiger partial charge in [0.15, 0.2) is 0 Å². The van der Waals surface area contributed by atoms with Crippen molar-refractivity contribution in [1.82, 2.24) is 10.2 Å². The molecule has 8 nitrogen and oxygen atoms in total. The Balaban J connectivity index is 1.56. The first kappa shape index (κ1) is 15.8. The summed E-state index contributed by atoms with van der Waals surface area (Å²) >= 11 is 0. The first-order valence-corrected chi connectivity index (χ1v) is 8.26. The number of nitrogens with two attached hydrogens (primary N) is 1. The van der Waals surface area contributed by atoms with E-state index >= 15 is 0 Å². The van der Waals surface area contributed by atoms with Gasteiger partial charge in [-0.3, -0.25) is 29.4 Å². The molecule has 4 rings (SSSR count). The Morgan fingerprint density at radius 1 is 1.16 bits per heavy atom. The van der Waals surface area contributed by atoms with Crippen LogP contribution < -0.4 is 16.4 Å². The van der Waals surface area contributed by atoms with Crippen molar-refractivity contribution < 1.29 is 19.2 Å². The van der Waals surface area contributed by atoms with Gasteiger partial charge < -0.3 is 11.1 Å². The van der Waals surface area contributed by atoms with Crippen molar-refractivity contribution in [2.45, 2.75) is 37.3 Å². The van der Waals surface area contributed by atoms with E-state index in [9.17, 15) is 19.2 Å². The van der Waals surface area contributed by atoms with Crippen LogP contribution in [-0.2, 0) is 9.59 Å². The number of carbonyl (C=O) groups is 4. The molecular weight excluding hydrogens is 324 g/mol. The van der Waals surface area contributed by atoms with E-state index in [1.54, 1.807) is 18.2 Å². The second-order valence-corrected chi connectivity index (χ2v) is 6.92. The maximum atomic E-state index is 12.7. The molecule has 1 aromatic rings. The first-order chi connectivity index (χ1) is 11.9. The van der Waals surface area contributed by atoms with Gasteiger partial charge in [0.05, 0.1) is 11.1 Å². The molecular formula is C17H18N4O4. The molecule has 1 aliphatic carbocycles. The van der Waals surface area contributed by atoms with E-state index in [0.717, 1.165) is 17.7 Å². The van der Waals surface area contributed by atoms with Crippen molar-refractivity contribution in [2.75, 3.05) is 11.9 Å². The largest absolute Gasteiger partial charge is 0.383 e. The van der Waals surface area contributed by atoms with Crippen molar-refractivity contribution in [2.24, 2.45) is 5.73 Å². The number of rotatable bonds is 4. The van der Waals surface area contributed by atoms with Gasteiger partial charge in [0, 0.05) is 24.2 Å². The lowest BCUT2D eigenvalue weighted by Crippen LogP contribution is -2.54.